The van der Waals surface area contributed by atoms with Gasteiger partial charge in [-0.1, -0.05) is 13.0 Å². The first-order valence-electron chi connectivity index (χ1n) is 8.18. The standard InChI is InChI=1S/C18H24O3/c1-18-7-6-13-12-5-3-11(19)8-10(12)2-4-14(13)17(18)15(20)9-16(18)21/h3,5,8,13-17,19-21H,2,4,6-7,9H2,1H3/t13-,14-,15+,16?,17-,18-/m1/s1. The Hall–Kier alpha value is -1.06. The third-order valence-electron chi connectivity index (χ3n) is 6.65. The molecule has 21 heavy (non-hydrogen) atoms. The Bertz CT molecular complexity index is 570. The Balaban J connectivity index is 1.73. The summed E-state index contributed by atoms with van der Waals surface area (Å²) in [4.78, 5) is 0. The molecule has 3 nitrogen and oxygen atoms in total. The van der Waals surface area contributed by atoms with E-state index in [1.165, 1.54) is 11.1 Å². The molecule has 3 heteroatoms. The van der Waals surface area contributed by atoms with Crippen LogP contribution in [0.2, 0.25) is 0 Å². The van der Waals surface area contributed by atoms with Crippen LogP contribution in [0.15, 0.2) is 18.2 Å². The highest BCUT2D eigenvalue weighted by Gasteiger charge is 2.58. The molecule has 1 aromatic carbocycles. The van der Waals surface area contributed by atoms with Crippen LogP contribution in [0.5, 0.6) is 5.75 Å². The summed E-state index contributed by atoms with van der Waals surface area (Å²) in [5, 5.41) is 30.6. The molecular formula is C18H24O3. The van der Waals surface area contributed by atoms with Gasteiger partial charge in [0.25, 0.3) is 0 Å². The highest BCUT2D eigenvalue weighted by molar-refractivity contribution is 5.40. The van der Waals surface area contributed by atoms with E-state index in [1.807, 2.05) is 6.07 Å². The second kappa shape index (κ2) is 4.47. The average molecular weight is 288 g/mol. The van der Waals surface area contributed by atoms with Crippen molar-refractivity contribution in [3.05, 3.63) is 29.3 Å². The second-order valence-electron chi connectivity index (χ2n) is 7.58. The zero-order valence-electron chi connectivity index (χ0n) is 12.5. The van der Waals surface area contributed by atoms with Crippen LogP contribution in [-0.4, -0.2) is 27.5 Å². The molecule has 2 fully saturated rings. The first kappa shape index (κ1) is 13.6. The molecule has 0 aromatic heterocycles. The lowest BCUT2D eigenvalue weighted by Gasteiger charge is -2.50. The van der Waals surface area contributed by atoms with Gasteiger partial charge in [-0.15, -0.1) is 0 Å². The lowest BCUT2D eigenvalue weighted by atomic mass is 9.55. The number of aliphatic hydroxyl groups is 2. The number of hydrogen-bond acceptors (Lipinski definition) is 3. The van der Waals surface area contributed by atoms with Crippen LogP contribution < -0.4 is 0 Å². The monoisotopic (exact) mass is 288 g/mol. The number of phenolic OH excluding ortho intramolecular Hbond substituents is 1. The van der Waals surface area contributed by atoms with Gasteiger partial charge in [0.05, 0.1) is 12.2 Å². The van der Waals surface area contributed by atoms with Crippen molar-refractivity contribution >= 4 is 0 Å². The molecule has 0 saturated heterocycles. The van der Waals surface area contributed by atoms with Crippen molar-refractivity contribution in [2.24, 2.45) is 17.3 Å². The summed E-state index contributed by atoms with van der Waals surface area (Å²) in [6.07, 6.45) is 3.91. The summed E-state index contributed by atoms with van der Waals surface area (Å²) in [7, 11) is 0. The van der Waals surface area contributed by atoms with Gasteiger partial charge in [-0.2, -0.15) is 0 Å². The smallest absolute Gasteiger partial charge is 0.115 e. The van der Waals surface area contributed by atoms with Crippen molar-refractivity contribution in [2.75, 3.05) is 0 Å². The van der Waals surface area contributed by atoms with E-state index >= 15 is 0 Å². The van der Waals surface area contributed by atoms with E-state index in [0.29, 0.717) is 24.0 Å². The van der Waals surface area contributed by atoms with Crippen LogP contribution in [0.4, 0.5) is 0 Å². The van der Waals surface area contributed by atoms with E-state index in [4.69, 9.17) is 0 Å². The predicted octanol–water partition coefficient (Wildman–Crippen LogP) is 2.58. The highest BCUT2D eigenvalue weighted by atomic mass is 16.3. The minimum absolute atomic E-state index is 0.116. The topological polar surface area (TPSA) is 60.7 Å². The van der Waals surface area contributed by atoms with Gasteiger partial charge in [0.15, 0.2) is 0 Å². The number of benzene rings is 1. The third-order valence-corrected chi connectivity index (χ3v) is 6.65. The molecule has 0 spiro atoms. The molecule has 3 aliphatic carbocycles. The first-order valence-corrected chi connectivity index (χ1v) is 8.18. The Labute approximate surface area is 125 Å². The molecule has 1 unspecified atom stereocenters. The fraction of sp³-hybridized carbons (Fsp3) is 0.667. The van der Waals surface area contributed by atoms with Gasteiger partial charge in [-0.25, -0.2) is 0 Å². The van der Waals surface area contributed by atoms with E-state index < -0.39 is 0 Å². The Morgan fingerprint density at radius 3 is 2.81 bits per heavy atom. The van der Waals surface area contributed by atoms with Crippen LogP contribution in [0.25, 0.3) is 0 Å². The third kappa shape index (κ3) is 1.80. The highest BCUT2D eigenvalue weighted by Crippen LogP contribution is 2.60. The Morgan fingerprint density at radius 1 is 1.19 bits per heavy atom. The van der Waals surface area contributed by atoms with Crippen molar-refractivity contribution in [1.29, 1.82) is 0 Å². The van der Waals surface area contributed by atoms with Crippen molar-refractivity contribution in [3.63, 3.8) is 0 Å². The van der Waals surface area contributed by atoms with Gasteiger partial charge in [0.2, 0.25) is 0 Å². The van der Waals surface area contributed by atoms with Crippen molar-refractivity contribution < 1.29 is 15.3 Å². The molecule has 1 aromatic rings. The number of aryl methyl sites for hydroxylation is 1. The van der Waals surface area contributed by atoms with Crippen LogP contribution in [-0.2, 0) is 6.42 Å². The molecule has 4 rings (SSSR count). The molecule has 0 bridgehead atoms. The zero-order chi connectivity index (χ0) is 14.8. The maximum absolute atomic E-state index is 10.5. The zero-order valence-corrected chi connectivity index (χ0v) is 12.5. The molecule has 6 atom stereocenters. The van der Waals surface area contributed by atoms with E-state index in [0.717, 1.165) is 25.7 Å². The summed E-state index contributed by atoms with van der Waals surface area (Å²) < 4.78 is 0. The molecule has 3 N–H and O–H groups in total. The van der Waals surface area contributed by atoms with Crippen LogP contribution in [0.3, 0.4) is 0 Å². The lowest BCUT2D eigenvalue weighted by Crippen LogP contribution is -2.46. The number of rotatable bonds is 0. The summed E-state index contributed by atoms with van der Waals surface area (Å²) in [5.74, 6) is 1.51. The van der Waals surface area contributed by atoms with Gasteiger partial charge in [0.1, 0.15) is 5.75 Å². The molecule has 0 heterocycles. The van der Waals surface area contributed by atoms with Crippen molar-refractivity contribution in [2.45, 2.75) is 57.2 Å². The van der Waals surface area contributed by atoms with Crippen LogP contribution in [0.1, 0.15) is 49.7 Å². The molecule has 3 aliphatic rings. The van der Waals surface area contributed by atoms with E-state index in [-0.39, 0.29) is 23.5 Å². The molecule has 114 valence electrons. The molecule has 0 amide bonds. The minimum atomic E-state index is -0.364. The summed E-state index contributed by atoms with van der Waals surface area (Å²) in [6, 6.07) is 5.76. The molecule has 0 aliphatic heterocycles. The predicted molar refractivity (Wildman–Crippen MR) is 80.1 cm³/mol. The fourth-order valence-corrected chi connectivity index (χ4v) is 5.60. The molecule has 0 radical (unpaired) electrons. The number of hydrogen-bond donors (Lipinski definition) is 3. The number of aromatic hydroxyl groups is 1. The largest absolute Gasteiger partial charge is 0.508 e. The van der Waals surface area contributed by atoms with Crippen molar-refractivity contribution in [1.82, 2.24) is 0 Å². The van der Waals surface area contributed by atoms with E-state index in [1.54, 1.807) is 6.07 Å². The Morgan fingerprint density at radius 2 is 2.00 bits per heavy atom. The summed E-state index contributed by atoms with van der Waals surface area (Å²) in [6.45, 7) is 2.17. The van der Waals surface area contributed by atoms with Gasteiger partial charge in [-0.3, -0.25) is 0 Å². The van der Waals surface area contributed by atoms with Crippen LogP contribution in [0, 0.1) is 17.3 Å². The maximum Gasteiger partial charge on any atom is 0.115 e. The quantitative estimate of drug-likeness (QED) is 0.687. The summed E-state index contributed by atoms with van der Waals surface area (Å²) >= 11 is 0. The average Bonchev–Trinajstić information content (AvgIpc) is 2.68. The molecule has 2 saturated carbocycles. The maximum atomic E-state index is 10.5. The van der Waals surface area contributed by atoms with Crippen molar-refractivity contribution in [3.8, 4) is 5.75 Å². The summed E-state index contributed by atoms with van der Waals surface area (Å²) in [5.41, 5.74) is 2.52. The van der Waals surface area contributed by atoms with Gasteiger partial charge >= 0.3 is 0 Å². The van der Waals surface area contributed by atoms with E-state index in [2.05, 4.69) is 13.0 Å². The first-order chi connectivity index (χ1) is 10.0. The van der Waals surface area contributed by atoms with Gasteiger partial charge in [-0.05, 0) is 72.1 Å². The molecular weight excluding hydrogens is 264 g/mol. The van der Waals surface area contributed by atoms with Crippen LogP contribution >= 0.6 is 0 Å². The number of phenols is 1. The normalized spacial score (nSPS) is 44.8. The lowest BCUT2D eigenvalue weighted by molar-refractivity contribution is -0.0440. The SMILES string of the molecule is C[C@]12CC[C@@H]3c4ccc(O)cc4CC[C@H]3[C@@H]1[C@@H](O)CC2O. The van der Waals surface area contributed by atoms with Gasteiger partial charge < -0.3 is 15.3 Å². The van der Waals surface area contributed by atoms with E-state index in [9.17, 15) is 15.3 Å². The Kier molecular flexibility index (Phi) is 2.89. The van der Waals surface area contributed by atoms with Gasteiger partial charge in [0, 0.05) is 6.42 Å². The fourth-order valence-electron chi connectivity index (χ4n) is 5.60. The number of fused-ring (bicyclic) bond motifs is 5. The minimum Gasteiger partial charge on any atom is -0.508 e. The number of aliphatic hydroxyl groups excluding tert-OH is 2. The second-order valence-corrected chi connectivity index (χ2v) is 7.58.